The number of fused-ring (bicyclic) bond motifs is 1. The van der Waals surface area contributed by atoms with Crippen LogP contribution in [0.3, 0.4) is 0 Å². The highest BCUT2D eigenvalue weighted by molar-refractivity contribution is 7.92. The minimum atomic E-state index is -3.96. The molecule has 7 nitrogen and oxygen atoms in total. The van der Waals surface area contributed by atoms with E-state index in [0.717, 1.165) is 18.7 Å². The third-order valence-corrected chi connectivity index (χ3v) is 6.91. The van der Waals surface area contributed by atoms with Gasteiger partial charge in [-0.15, -0.1) is 0 Å². The van der Waals surface area contributed by atoms with Gasteiger partial charge in [-0.1, -0.05) is 25.4 Å². The second-order valence-electron chi connectivity index (χ2n) is 6.91. The molecule has 2 aromatic rings. The first-order chi connectivity index (χ1) is 14.3. The van der Waals surface area contributed by atoms with E-state index in [1.807, 2.05) is 0 Å². The molecule has 0 saturated carbocycles. The lowest BCUT2D eigenvalue weighted by molar-refractivity contribution is 0.125. The number of anilines is 1. The molecule has 1 heterocycles. The standard InChI is InChI=1S/C21H27ClN2O5S/c1-5-24(6-2)15-12-16-18(27-3)9-10-20(21(16)29-13-15)30(25,26)23-17-11-14(22)7-8-19(17)28-4/h7-11,15,23H,5-6,12-13H2,1-4H3/t15-/m1/s1. The topological polar surface area (TPSA) is 77.1 Å². The lowest BCUT2D eigenvalue weighted by Crippen LogP contribution is -2.43. The van der Waals surface area contributed by atoms with Gasteiger partial charge in [-0.2, -0.15) is 0 Å². The average Bonchev–Trinajstić information content (AvgIpc) is 2.73. The fourth-order valence-corrected chi connectivity index (χ4v) is 5.16. The van der Waals surface area contributed by atoms with Crippen molar-refractivity contribution in [2.75, 3.05) is 38.6 Å². The van der Waals surface area contributed by atoms with Crippen LogP contribution in [-0.2, 0) is 16.4 Å². The molecule has 0 bridgehead atoms. The summed E-state index contributed by atoms with van der Waals surface area (Å²) in [6, 6.07) is 8.05. The average molecular weight is 455 g/mol. The second kappa shape index (κ2) is 9.32. The lowest BCUT2D eigenvalue weighted by atomic mass is 10.00. The van der Waals surface area contributed by atoms with Gasteiger partial charge in [-0.25, -0.2) is 8.42 Å². The number of ether oxygens (including phenoxy) is 3. The van der Waals surface area contributed by atoms with Crippen LogP contribution in [0.4, 0.5) is 5.69 Å². The Morgan fingerprint density at radius 3 is 2.43 bits per heavy atom. The van der Waals surface area contributed by atoms with Crippen molar-refractivity contribution in [1.29, 1.82) is 0 Å². The van der Waals surface area contributed by atoms with Crippen LogP contribution in [0.1, 0.15) is 19.4 Å². The van der Waals surface area contributed by atoms with E-state index in [-0.39, 0.29) is 16.6 Å². The van der Waals surface area contributed by atoms with Gasteiger partial charge in [0.15, 0.2) is 0 Å². The minimum Gasteiger partial charge on any atom is -0.496 e. The summed E-state index contributed by atoms with van der Waals surface area (Å²) in [5.41, 5.74) is 1.01. The van der Waals surface area contributed by atoms with Crippen molar-refractivity contribution >= 4 is 27.3 Å². The zero-order valence-corrected chi connectivity index (χ0v) is 19.1. The summed E-state index contributed by atoms with van der Waals surface area (Å²) in [7, 11) is -0.926. The molecule has 0 aromatic heterocycles. The number of hydrogen-bond acceptors (Lipinski definition) is 6. The van der Waals surface area contributed by atoms with Gasteiger partial charge in [-0.3, -0.25) is 9.62 Å². The van der Waals surface area contributed by atoms with Crippen molar-refractivity contribution in [3.05, 3.63) is 40.9 Å². The van der Waals surface area contributed by atoms with Crippen LogP contribution in [-0.4, -0.2) is 53.3 Å². The SMILES string of the molecule is CCN(CC)[C@H]1COc2c(S(=O)(=O)Nc3cc(Cl)ccc3OC)ccc(OC)c2C1. The first-order valence-corrected chi connectivity index (χ1v) is 11.6. The molecule has 164 valence electrons. The Bertz CT molecular complexity index is 1010. The van der Waals surface area contributed by atoms with E-state index in [4.69, 9.17) is 25.8 Å². The van der Waals surface area contributed by atoms with E-state index < -0.39 is 10.0 Å². The second-order valence-corrected chi connectivity index (χ2v) is 9.00. The molecule has 0 fully saturated rings. The molecule has 0 saturated heterocycles. The first kappa shape index (κ1) is 22.5. The van der Waals surface area contributed by atoms with E-state index in [1.165, 1.54) is 19.2 Å². The van der Waals surface area contributed by atoms with Crippen LogP contribution in [0.25, 0.3) is 0 Å². The van der Waals surface area contributed by atoms with Crippen molar-refractivity contribution < 1.29 is 22.6 Å². The molecule has 1 aliphatic rings. The Kier molecular flexibility index (Phi) is 7.00. The van der Waals surface area contributed by atoms with Crippen LogP contribution < -0.4 is 18.9 Å². The zero-order valence-electron chi connectivity index (χ0n) is 17.6. The van der Waals surface area contributed by atoms with Crippen LogP contribution in [0.15, 0.2) is 35.2 Å². The van der Waals surface area contributed by atoms with Gasteiger partial charge in [0.25, 0.3) is 10.0 Å². The molecule has 2 aromatic carbocycles. The van der Waals surface area contributed by atoms with Gasteiger partial charge in [-0.05, 0) is 49.8 Å². The van der Waals surface area contributed by atoms with Crippen molar-refractivity contribution in [3.8, 4) is 17.2 Å². The number of rotatable bonds is 8. The van der Waals surface area contributed by atoms with Crippen molar-refractivity contribution in [2.24, 2.45) is 0 Å². The maximum Gasteiger partial charge on any atom is 0.265 e. The third-order valence-electron chi connectivity index (χ3n) is 5.29. The van der Waals surface area contributed by atoms with Gasteiger partial charge in [0.2, 0.25) is 0 Å². The van der Waals surface area contributed by atoms with E-state index in [0.29, 0.717) is 35.3 Å². The van der Waals surface area contributed by atoms with Gasteiger partial charge < -0.3 is 14.2 Å². The summed E-state index contributed by atoms with van der Waals surface area (Å²) < 4.78 is 45.8. The molecule has 0 unspecified atom stereocenters. The molecule has 0 radical (unpaired) electrons. The molecule has 0 amide bonds. The molecular weight excluding hydrogens is 428 g/mol. The predicted octanol–water partition coefficient (Wildman–Crippen LogP) is 3.80. The fourth-order valence-electron chi connectivity index (χ4n) is 3.75. The van der Waals surface area contributed by atoms with Gasteiger partial charge >= 0.3 is 0 Å². The zero-order chi connectivity index (χ0) is 21.9. The van der Waals surface area contributed by atoms with Crippen molar-refractivity contribution in [1.82, 2.24) is 4.90 Å². The van der Waals surface area contributed by atoms with Crippen LogP contribution in [0.5, 0.6) is 17.2 Å². The molecule has 30 heavy (non-hydrogen) atoms. The number of hydrogen-bond donors (Lipinski definition) is 1. The summed E-state index contributed by atoms with van der Waals surface area (Å²) in [6.45, 7) is 6.37. The third kappa shape index (κ3) is 4.45. The molecule has 0 aliphatic carbocycles. The Morgan fingerprint density at radius 2 is 1.80 bits per heavy atom. The fraction of sp³-hybridized carbons (Fsp3) is 0.429. The predicted molar refractivity (Wildman–Crippen MR) is 118 cm³/mol. The van der Waals surface area contributed by atoms with Gasteiger partial charge in [0, 0.05) is 16.6 Å². The largest absolute Gasteiger partial charge is 0.496 e. The molecule has 1 atom stereocenters. The summed E-state index contributed by atoms with van der Waals surface area (Å²) in [5.74, 6) is 1.31. The number of benzene rings is 2. The Hall–Kier alpha value is -2.16. The molecule has 9 heteroatoms. The molecule has 0 spiro atoms. The molecular formula is C21H27ClN2O5S. The Labute approximate surface area is 182 Å². The van der Waals surface area contributed by atoms with Crippen molar-refractivity contribution in [2.45, 2.75) is 31.2 Å². The lowest BCUT2D eigenvalue weighted by Gasteiger charge is -2.34. The van der Waals surface area contributed by atoms with Crippen LogP contribution in [0, 0.1) is 0 Å². The highest BCUT2D eigenvalue weighted by Gasteiger charge is 2.32. The Morgan fingerprint density at radius 1 is 1.13 bits per heavy atom. The van der Waals surface area contributed by atoms with E-state index in [1.54, 1.807) is 25.3 Å². The summed E-state index contributed by atoms with van der Waals surface area (Å²) in [4.78, 5) is 2.34. The number of halogens is 1. The minimum absolute atomic E-state index is 0.0540. The summed E-state index contributed by atoms with van der Waals surface area (Å²) in [6.07, 6.45) is 0.643. The molecule has 3 rings (SSSR count). The van der Waals surface area contributed by atoms with Crippen molar-refractivity contribution in [3.63, 3.8) is 0 Å². The van der Waals surface area contributed by atoms with E-state index in [2.05, 4.69) is 23.5 Å². The van der Waals surface area contributed by atoms with Crippen LogP contribution in [0.2, 0.25) is 5.02 Å². The first-order valence-electron chi connectivity index (χ1n) is 9.77. The normalized spacial score (nSPS) is 16.0. The van der Waals surface area contributed by atoms with Gasteiger partial charge in [0.05, 0.1) is 19.9 Å². The van der Waals surface area contributed by atoms with Crippen LogP contribution >= 0.6 is 11.6 Å². The smallest absolute Gasteiger partial charge is 0.265 e. The van der Waals surface area contributed by atoms with E-state index in [9.17, 15) is 8.42 Å². The molecule has 1 aliphatic heterocycles. The maximum absolute atomic E-state index is 13.2. The van der Waals surface area contributed by atoms with E-state index >= 15 is 0 Å². The molecule has 1 N–H and O–H groups in total. The number of nitrogens with one attached hydrogen (secondary N) is 1. The highest BCUT2D eigenvalue weighted by Crippen LogP contribution is 2.40. The maximum atomic E-state index is 13.2. The monoisotopic (exact) mass is 454 g/mol. The Balaban J connectivity index is 2.01. The van der Waals surface area contributed by atoms with Gasteiger partial charge in [0.1, 0.15) is 28.8 Å². The number of nitrogens with zero attached hydrogens (tertiary/aromatic N) is 1. The summed E-state index contributed by atoms with van der Waals surface area (Å²) >= 11 is 6.04. The number of methoxy groups -OCH3 is 2. The highest BCUT2D eigenvalue weighted by atomic mass is 35.5. The number of sulfonamides is 1. The summed E-state index contributed by atoms with van der Waals surface area (Å²) in [5, 5.41) is 0.392. The quantitative estimate of drug-likeness (QED) is 0.653. The number of likely N-dealkylation sites (N-methyl/N-ethyl adjacent to an activating group) is 1.